The van der Waals surface area contributed by atoms with E-state index in [9.17, 15) is 12.8 Å². The molecule has 0 unspecified atom stereocenters. The van der Waals surface area contributed by atoms with E-state index in [4.69, 9.17) is 11.6 Å². The van der Waals surface area contributed by atoms with E-state index in [1.807, 2.05) is 0 Å². The van der Waals surface area contributed by atoms with Gasteiger partial charge in [0.15, 0.2) is 0 Å². The molecule has 2 aromatic rings. The van der Waals surface area contributed by atoms with Gasteiger partial charge in [-0.05, 0) is 44.1 Å². The molecule has 1 fully saturated rings. The quantitative estimate of drug-likeness (QED) is 0.880. The molecule has 1 saturated heterocycles. The molecule has 0 spiro atoms. The highest BCUT2D eigenvalue weighted by atomic mass is 35.5. The molecule has 0 saturated carbocycles. The van der Waals surface area contributed by atoms with Gasteiger partial charge < -0.3 is 5.32 Å². The lowest BCUT2D eigenvalue weighted by molar-refractivity contribution is 0.343. The predicted octanol–water partition coefficient (Wildman–Crippen LogP) is 2.40. The lowest BCUT2D eigenvalue weighted by atomic mass is 10.1. The average Bonchev–Trinajstić information content (AvgIpc) is 2.98. The van der Waals surface area contributed by atoms with Crippen LogP contribution in [0.3, 0.4) is 0 Å². The van der Waals surface area contributed by atoms with Crippen molar-refractivity contribution < 1.29 is 12.8 Å². The van der Waals surface area contributed by atoms with Crippen LogP contribution in [0.1, 0.15) is 18.9 Å². The van der Waals surface area contributed by atoms with Crippen molar-refractivity contribution in [2.24, 2.45) is 0 Å². The van der Waals surface area contributed by atoms with Crippen molar-refractivity contribution in [3.63, 3.8) is 0 Å². The average molecular weight is 359 g/mol. The molecule has 124 valence electrons. The van der Waals surface area contributed by atoms with E-state index in [0.717, 1.165) is 38.1 Å². The Bertz CT molecular complexity index is 803. The van der Waals surface area contributed by atoms with Crippen LogP contribution in [0.2, 0.25) is 5.02 Å². The summed E-state index contributed by atoms with van der Waals surface area (Å²) in [6, 6.07) is 3.63. The zero-order chi connectivity index (χ0) is 16.4. The van der Waals surface area contributed by atoms with Crippen molar-refractivity contribution in [1.29, 1.82) is 0 Å². The van der Waals surface area contributed by atoms with E-state index in [1.54, 1.807) is 10.9 Å². The highest BCUT2D eigenvalue weighted by molar-refractivity contribution is 7.92. The molecule has 1 aromatic carbocycles. The highest BCUT2D eigenvalue weighted by Gasteiger charge is 2.21. The number of sulfonamides is 1. The minimum Gasteiger partial charge on any atom is -0.317 e. The van der Waals surface area contributed by atoms with Crippen LogP contribution in [0.5, 0.6) is 0 Å². The SMILES string of the molecule is O=S(=O)(Nc1cnn(C2CCNCC2)c1)c1cc(Cl)ccc1F. The number of nitrogens with zero attached hydrogens (tertiary/aromatic N) is 2. The van der Waals surface area contributed by atoms with Gasteiger partial charge in [-0.25, -0.2) is 12.8 Å². The van der Waals surface area contributed by atoms with E-state index < -0.39 is 20.7 Å². The van der Waals surface area contributed by atoms with Crippen LogP contribution >= 0.6 is 11.6 Å². The summed E-state index contributed by atoms with van der Waals surface area (Å²) in [6.07, 6.45) is 4.89. The molecule has 0 atom stereocenters. The molecule has 0 aliphatic carbocycles. The minimum atomic E-state index is -4.06. The second-order valence-electron chi connectivity index (χ2n) is 5.37. The van der Waals surface area contributed by atoms with Crippen LogP contribution in [0.25, 0.3) is 0 Å². The van der Waals surface area contributed by atoms with Crippen molar-refractivity contribution in [2.75, 3.05) is 17.8 Å². The monoisotopic (exact) mass is 358 g/mol. The summed E-state index contributed by atoms with van der Waals surface area (Å²) in [7, 11) is -4.06. The number of anilines is 1. The number of piperidine rings is 1. The predicted molar refractivity (Wildman–Crippen MR) is 85.6 cm³/mol. The summed E-state index contributed by atoms with van der Waals surface area (Å²) in [4.78, 5) is -0.486. The number of halogens is 2. The van der Waals surface area contributed by atoms with Crippen LogP contribution in [0, 0.1) is 5.82 Å². The van der Waals surface area contributed by atoms with Gasteiger partial charge in [0.05, 0.1) is 17.9 Å². The van der Waals surface area contributed by atoms with Gasteiger partial charge in [-0.3, -0.25) is 9.40 Å². The fourth-order valence-corrected chi connectivity index (χ4v) is 3.92. The fraction of sp³-hybridized carbons (Fsp3) is 0.357. The summed E-state index contributed by atoms with van der Waals surface area (Å²) in [6.45, 7) is 1.80. The topological polar surface area (TPSA) is 76.0 Å². The zero-order valence-electron chi connectivity index (χ0n) is 12.2. The molecular weight excluding hydrogens is 343 g/mol. The Kier molecular flexibility index (Phi) is 4.56. The molecule has 1 aliphatic heterocycles. The number of benzene rings is 1. The van der Waals surface area contributed by atoms with E-state index in [-0.39, 0.29) is 11.1 Å². The third-order valence-corrected chi connectivity index (χ3v) is 5.35. The first-order chi connectivity index (χ1) is 11.0. The van der Waals surface area contributed by atoms with Crippen molar-refractivity contribution >= 4 is 27.3 Å². The molecule has 0 radical (unpaired) electrons. The molecule has 0 bridgehead atoms. The minimum absolute atomic E-state index is 0.150. The lowest BCUT2D eigenvalue weighted by Gasteiger charge is -2.22. The third-order valence-electron chi connectivity index (χ3n) is 3.72. The van der Waals surface area contributed by atoms with E-state index in [1.165, 1.54) is 12.3 Å². The first-order valence-electron chi connectivity index (χ1n) is 7.18. The van der Waals surface area contributed by atoms with Gasteiger partial charge in [0.25, 0.3) is 10.0 Å². The largest absolute Gasteiger partial charge is 0.317 e. The highest BCUT2D eigenvalue weighted by Crippen LogP contribution is 2.24. The molecule has 2 heterocycles. The van der Waals surface area contributed by atoms with Crippen LogP contribution in [-0.4, -0.2) is 31.3 Å². The van der Waals surface area contributed by atoms with Crippen LogP contribution in [-0.2, 0) is 10.0 Å². The Morgan fingerprint density at radius 3 is 2.83 bits per heavy atom. The summed E-state index contributed by atoms with van der Waals surface area (Å²) in [5, 5.41) is 7.61. The second-order valence-corrected chi connectivity index (χ2v) is 7.46. The molecule has 3 rings (SSSR count). The van der Waals surface area contributed by atoms with E-state index in [2.05, 4.69) is 15.1 Å². The Hall–Kier alpha value is -1.64. The summed E-state index contributed by atoms with van der Waals surface area (Å²) in [5.41, 5.74) is 0.294. The molecule has 0 amide bonds. The Labute approximate surface area is 138 Å². The lowest BCUT2D eigenvalue weighted by Crippen LogP contribution is -2.29. The van der Waals surface area contributed by atoms with Gasteiger partial charge in [0.1, 0.15) is 10.7 Å². The van der Waals surface area contributed by atoms with Crippen LogP contribution in [0.4, 0.5) is 10.1 Å². The molecule has 1 aromatic heterocycles. The first kappa shape index (κ1) is 16.2. The normalized spacial score (nSPS) is 16.4. The maximum absolute atomic E-state index is 13.8. The van der Waals surface area contributed by atoms with Gasteiger partial charge in [-0.2, -0.15) is 5.10 Å². The summed E-state index contributed by atoms with van der Waals surface area (Å²) < 4.78 is 42.4. The van der Waals surface area contributed by atoms with Gasteiger partial charge in [-0.1, -0.05) is 11.6 Å². The fourth-order valence-electron chi connectivity index (χ4n) is 2.55. The second kappa shape index (κ2) is 6.46. The number of nitrogens with one attached hydrogen (secondary N) is 2. The third kappa shape index (κ3) is 3.65. The maximum Gasteiger partial charge on any atom is 0.264 e. The number of hydrogen-bond donors (Lipinski definition) is 2. The van der Waals surface area contributed by atoms with Crippen molar-refractivity contribution in [2.45, 2.75) is 23.8 Å². The Morgan fingerprint density at radius 2 is 2.09 bits per heavy atom. The van der Waals surface area contributed by atoms with E-state index >= 15 is 0 Å². The van der Waals surface area contributed by atoms with Crippen LogP contribution in [0.15, 0.2) is 35.5 Å². The number of aromatic nitrogens is 2. The van der Waals surface area contributed by atoms with Gasteiger partial charge in [0, 0.05) is 11.2 Å². The number of rotatable bonds is 4. The van der Waals surface area contributed by atoms with E-state index in [0.29, 0.717) is 5.69 Å². The molecule has 2 N–H and O–H groups in total. The first-order valence-corrected chi connectivity index (χ1v) is 9.04. The number of hydrogen-bond acceptors (Lipinski definition) is 4. The Morgan fingerprint density at radius 1 is 1.35 bits per heavy atom. The standard InChI is InChI=1S/C14H16ClFN4O2S/c15-10-1-2-13(16)14(7-10)23(21,22)19-11-8-18-20(9-11)12-3-5-17-6-4-12/h1-2,7-9,12,17,19H,3-6H2. The maximum atomic E-state index is 13.8. The van der Waals surface area contributed by atoms with Crippen molar-refractivity contribution in [3.05, 3.63) is 41.4 Å². The smallest absolute Gasteiger partial charge is 0.264 e. The summed E-state index contributed by atoms with van der Waals surface area (Å²) in [5.74, 6) is -0.854. The van der Waals surface area contributed by atoms with Crippen molar-refractivity contribution in [1.82, 2.24) is 15.1 Å². The van der Waals surface area contributed by atoms with Crippen LogP contribution < -0.4 is 10.0 Å². The molecule has 1 aliphatic rings. The molecule has 6 nitrogen and oxygen atoms in total. The van der Waals surface area contributed by atoms with Gasteiger partial charge in [-0.15, -0.1) is 0 Å². The molecule has 9 heteroatoms. The van der Waals surface area contributed by atoms with Crippen molar-refractivity contribution in [3.8, 4) is 0 Å². The summed E-state index contributed by atoms with van der Waals surface area (Å²) >= 11 is 5.75. The zero-order valence-corrected chi connectivity index (χ0v) is 13.7. The van der Waals surface area contributed by atoms with Gasteiger partial charge >= 0.3 is 0 Å². The molecule has 23 heavy (non-hydrogen) atoms. The Balaban J connectivity index is 1.81. The van der Waals surface area contributed by atoms with Gasteiger partial charge in [0.2, 0.25) is 0 Å². The molecular formula is C14H16ClFN4O2S.